The van der Waals surface area contributed by atoms with E-state index < -0.39 is 0 Å². The molecule has 3 rings (SSSR count). The third kappa shape index (κ3) is 2.84. The third-order valence-electron chi connectivity index (χ3n) is 3.70. The number of halogens is 1. The summed E-state index contributed by atoms with van der Waals surface area (Å²) in [4.78, 5) is 0. The number of aryl methyl sites for hydroxylation is 1. The Balaban J connectivity index is 1.93. The first-order chi connectivity index (χ1) is 10.2. The summed E-state index contributed by atoms with van der Waals surface area (Å²) in [5.74, 6) is 1.03. The van der Waals surface area contributed by atoms with Crippen LogP contribution in [0.3, 0.4) is 0 Å². The number of anilines is 1. The van der Waals surface area contributed by atoms with E-state index in [0.717, 1.165) is 27.9 Å². The summed E-state index contributed by atoms with van der Waals surface area (Å²) in [6.07, 6.45) is 0.971. The third-order valence-corrected chi connectivity index (χ3v) is 4.23. The molecule has 0 aliphatic heterocycles. The lowest BCUT2D eigenvalue weighted by Crippen LogP contribution is -2.07. The zero-order valence-electron chi connectivity index (χ0n) is 12.2. The van der Waals surface area contributed by atoms with Crippen LogP contribution in [0.25, 0.3) is 11.0 Å². The van der Waals surface area contributed by atoms with Crippen molar-refractivity contribution in [2.45, 2.75) is 26.3 Å². The van der Waals surface area contributed by atoms with Gasteiger partial charge in [0.2, 0.25) is 0 Å². The van der Waals surface area contributed by atoms with Crippen molar-refractivity contribution >= 4 is 32.6 Å². The van der Waals surface area contributed by atoms with Crippen molar-refractivity contribution in [1.82, 2.24) is 0 Å². The van der Waals surface area contributed by atoms with Crippen molar-refractivity contribution in [2.75, 3.05) is 5.32 Å². The first-order valence-corrected chi connectivity index (χ1v) is 8.00. The van der Waals surface area contributed by atoms with Gasteiger partial charge in [-0.25, -0.2) is 0 Å². The van der Waals surface area contributed by atoms with Crippen LogP contribution < -0.4 is 5.32 Å². The number of fused-ring (bicyclic) bond motifs is 1. The molecule has 1 unspecified atom stereocenters. The molecule has 0 aliphatic carbocycles. The quantitative estimate of drug-likeness (QED) is 0.634. The molecule has 0 aliphatic rings. The molecule has 1 heterocycles. The van der Waals surface area contributed by atoms with Crippen molar-refractivity contribution in [3.8, 4) is 0 Å². The minimum absolute atomic E-state index is 0.133. The molecule has 1 atom stereocenters. The van der Waals surface area contributed by atoms with Gasteiger partial charge < -0.3 is 9.73 Å². The highest BCUT2D eigenvalue weighted by Crippen LogP contribution is 2.32. The Labute approximate surface area is 133 Å². The average molecular weight is 344 g/mol. The van der Waals surface area contributed by atoms with Gasteiger partial charge in [0.1, 0.15) is 11.3 Å². The molecule has 2 aromatic carbocycles. The van der Waals surface area contributed by atoms with E-state index >= 15 is 0 Å². The second-order valence-corrected chi connectivity index (χ2v) is 6.08. The largest absolute Gasteiger partial charge is 0.459 e. The van der Waals surface area contributed by atoms with E-state index in [2.05, 4.69) is 59.4 Å². The molecule has 0 saturated carbocycles. The maximum absolute atomic E-state index is 6.08. The molecule has 1 aromatic heterocycles. The number of rotatable bonds is 4. The predicted octanol–water partition coefficient (Wildman–Crippen LogP) is 5.93. The Morgan fingerprint density at radius 2 is 1.81 bits per heavy atom. The lowest BCUT2D eigenvalue weighted by molar-refractivity contribution is 0.520. The van der Waals surface area contributed by atoms with Crippen LogP contribution in [0.5, 0.6) is 0 Å². The highest BCUT2D eigenvalue weighted by Gasteiger charge is 2.17. The second-order valence-electron chi connectivity index (χ2n) is 5.17. The van der Waals surface area contributed by atoms with Gasteiger partial charge in [0.05, 0.1) is 6.04 Å². The zero-order valence-corrected chi connectivity index (χ0v) is 13.8. The van der Waals surface area contributed by atoms with Gasteiger partial charge in [0.15, 0.2) is 0 Å². The maximum atomic E-state index is 6.08. The number of nitrogens with one attached hydrogen (secondary N) is 1. The van der Waals surface area contributed by atoms with Crippen molar-refractivity contribution in [3.05, 3.63) is 64.3 Å². The van der Waals surface area contributed by atoms with Crippen LogP contribution in [-0.4, -0.2) is 0 Å². The van der Waals surface area contributed by atoms with Gasteiger partial charge in [0.25, 0.3) is 0 Å². The van der Waals surface area contributed by atoms with Gasteiger partial charge in [-0.15, -0.1) is 0 Å². The number of para-hydroxylation sites is 1. The molecule has 0 amide bonds. The van der Waals surface area contributed by atoms with E-state index in [4.69, 9.17) is 4.42 Å². The lowest BCUT2D eigenvalue weighted by atomic mass is 10.0. The molecule has 3 aromatic rings. The van der Waals surface area contributed by atoms with Gasteiger partial charge in [-0.05, 0) is 43.7 Å². The fourth-order valence-corrected chi connectivity index (χ4v) is 2.96. The zero-order chi connectivity index (χ0) is 14.8. The molecule has 0 fully saturated rings. The molecule has 2 nitrogen and oxygen atoms in total. The fraction of sp³-hybridized carbons (Fsp3) is 0.222. The van der Waals surface area contributed by atoms with E-state index in [9.17, 15) is 0 Å². The van der Waals surface area contributed by atoms with Crippen LogP contribution in [0.1, 0.15) is 31.2 Å². The van der Waals surface area contributed by atoms with E-state index in [1.54, 1.807) is 0 Å². The molecule has 0 saturated heterocycles. The lowest BCUT2D eigenvalue weighted by Gasteiger charge is -2.14. The van der Waals surface area contributed by atoms with E-state index in [-0.39, 0.29) is 6.04 Å². The van der Waals surface area contributed by atoms with Crippen LogP contribution >= 0.6 is 15.9 Å². The summed E-state index contributed by atoms with van der Waals surface area (Å²) >= 11 is 3.46. The van der Waals surface area contributed by atoms with E-state index in [0.29, 0.717) is 0 Å². The highest BCUT2D eigenvalue weighted by molar-refractivity contribution is 9.10. The molecule has 1 N–H and O–H groups in total. The van der Waals surface area contributed by atoms with Crippen LogP contribution in [0.15, 0.2) is 57.4 Å². The molecule has 21 heavy (non-hydrogen) atoms. The summed E-state index contributed by atoms with van der Waals surface area (Å²) in [6, 6.07) is 16.6. The number of furan rings is 1. The van der Waals surface area contributed by atoms with Crippen LogP contribution in [0.4, 0.5) is 5.69 Å². The summed E-state index contributed by atoms with van der Waals surface area (Å²) in [5, 5.41) is 4.73. The first-order valence-electron chi connectivity index (χ1n) is 7.21. The monoisotopic (exact) mass is 343 g/mol. The number of hydrogen-bond acceptors (Lipinski definition) is 2. The van der Waals surface area contributed by atoms with E-state index in [1.165, 1.54) is 10.9 Å². The molecule has 0 bridgehead atoms. The molecule has 3 heteroatoms. The number of benzene rings is 2. The molecule has 0 spiro atoms. The Morgan fingerprint density at radius 3 is 2.52 bits per heavy atom. The van der Waals surface area contributed by atoms with Gasteiger partial charge >= 0.3 is 0 Å². The van der Waals surface area contributed by atoms with E-state index in [1.807, 2.05) is 24.3 Å². The predicted molar refractivity (Wildman–Crippen MR) is 91.8 cm³/mol. The number of hydrogen-bond donors (Lipinski definition) is 1. The SMILES string of the molecule is CCc1c(C(C)Nc2ccc(Br)cc2)oc2ccccc12. The van der Waals surface area contributed by atoms with Crippen LogP contribution in [0.2, 0.25) is 0 Å². The first kappa shape index (κ1) is 14.2. The second kappa shape index (κ2) is 5.94. The van der Waals surface area contributed by atoms with Crippen molar-refractivity contribution in [2.24, 2.45) is 0 Å². The maximum Gasteiger partial charge on any atom is 0.134 e. The Morgan fingerprint density at radius 1 is 1.10 bits per heavy atom. The topological polar surface area (TPSA) is 25.2 Å². The van der Waals surface area contributed by atoms with Gasteiger partial charge in [0, 0.05) is 21.1 Å². The normalized spacial score (nSPS) is 12.5. The fourth-order valence-electron chi connectivity index (χ4n) is 2.69. The Bertz CT molecular complexity index is 746. The Kier molecular flexibility index (Phi) is 4.02. The smallest absolute Gasteiger partial charge is 0.134 e. The van der Waals surface area contributed by atoms with Crippen molar-refractivity contribution in [3.63, 3.8) is 0 Å². The molecule has 108 valence electrons. The van der Waals surface area contributed by atoms with Gasteiger partial charge in [-0.3, -0.25) is 0 Å². The van der Waals surface area contributed by atoms with Crippen molar-refractivity contribution < 1.29 is 4.42 Å². The van der Waals surface area contributed by atoms with Crippen LogP contribution in [0, 0.1) is 0 Å². The highest BCUT2D eigenvalue weighted by atomic mass is 79.9. The van der Waals surface area contributed by atoms with Gasteiger partial charge in [-0.2, -0.15) is 0 Å². The van der Waals surface area contributed by atoms with Crippen molar-refractivity contribution in [1.29, 1.82) is 0 Å². The van der Waals surface area contributed by atoms with Gasteiger partial charge in [-0.1, -0.05) is 41.1 Å². The standard InChI is InChI=1S/C18H18BrNO/c1-3-15-16-6-4-5-7-17(16)21-18(15)12(2)20-14-10-8-13(19)9-11-14/h4-12,20H,3H2,1-2H3. The molecular weight excluding hydrogens is 326 g/mol. The summed E-state index contributed by atoms with van der Waals surface area (Å²) < 4.78 is 7.16. The summed E-state index contributed by atoms with van der Waals surface area (Å²) in [5.41, 5.74) is 3.35. The molecular formula is C18H18BrNO. The van der Waals surface area contributed by atoms with Crippen LogP contribution in [-0.2, 0) is 6.42 Å². The average Bonchev–Trinajstić information content (AvgIpc) is 2.88. The summed E-state index contributed by atoms with van der Waals surface area (Å²) in [6.45, 7) is 4.31. The minimum atomic E-state index is 0.133. The summed E-state index contributed by atoms with van der Waals surface area (Å²) in [7, 11) is 0. The minimum Gasteiger partial charge on any atom is -0.459 e. The Hall–Kier alpha value is -1.74. The molecule has 0 radical (unpaired) electrons.